The molecule has 0 radical (unpaired) electrons. The first-order chi connectivity index (χ1) is 8.25. The zero-order valence-corrected chi connectivity index (χ0v) is 11.0. The molecule has 0 aromatic rings. The Kier molecular flexibility index (Phi) is 4.98. The first-order valence-electron chi connectivity index (χ1n) is 6.60. The van der Waals surface area contributed by atoms with Crippen molar-refractivity contribution in [1.82, 2.24) is 10.6 Å². The second-order valence-electron chi connectivity index (χ2n) is 4.95. The predicted molar refractivity (Wildman–Crippen MR) is 70.3 cm³/mol. The van der Waals surface area contributed by atoms with Gasteiger partial charge in [0, 0.05) is 11.8 Å². The van der Waals surface area contributed by atoms with Gasteiger partial charge in [0.25, 0.3) is 0 Å². The van der Waals surface area contributed by atoms with E-state index in [1.165, 1.54) is 18.6 Å². The largest absolute Gasteiger partial charge is 0.391 e. The standard InChI is InChI=1S/C12H22N2O2S/c15-11-6-2-1-5-10(11)14-12(16)13-8-9-4-3-7-17-9/h9-11,15H,1-8H2,(H2,13,14,16). The Morgan fingerprint density at radius 2 is 2.06 bits per heavy atom. The van der Waals surface area contributed by atoms with Crippen molar-refractivity contribution in [2.24, 2.45) is 0 Å². The molecular weight excluding hydrogens is 236 g/mol. The molecule has 0 aromatic carbocycles. The van der Waals surface area contributed by atoms with E-state index < -0.39 is 0 Å². The van der Waals surface area contributed by atoms with Gasteiger partial charge < -0.3 is 15.7 Å². The van der Waals surface area contributed by atoms with Crippen LogP contribution in [0.2, 0.25) is 0 Å². The van der Waals surface area contributed by atoms with Gasteiger partial charge in [-0.2, -0.15) is 11.8 Å². The minimum absolute atomic E-state index is 0.0556. The summed E-state index contributed by atoms with van der Waals surface area (Å²) in [6.45, 7) is 0.749. The summed E-state index contributed by atoms with van der Waals surface area (Å²) in [6.07, 6.45) is 5.98. The van der Waals surface area contributed by atoms with E-state index in [9.17, 15) is 9.90 Å². The fourth-order valence-corrected chi connectivity index (χ4v) is 3.71. The van der Waals surface area contributed by atoms with Crippen LogP contribution in [-0.2, 0) is 0 Å². The van der Waals surface area contributed by atoms with E-state index in [4.69, 9.17) is 0 Å². The first kappa shape index (κ1) is 13.0. The molecule has 4 nitrogen and oxygen atoms in total. The molecule has 1 aliphatic heterocycles. The maximum absolute atomic E-state index is 11.7. The lowest BCUT2D eigenvalue weighted by molar-refractivity contribution is 0.0943. The molecule has 1 heterocycles. The average Bonchev–Trinajstić information content (AvgIpc) is 2.82. The monoisotopic (exact) mass is 258 g/mol. The first-order valence-corrected chi connectivity index (χ1v) is 7.64. The molecule has 2 fully saturated rings. The summed E-state index contributed by atoms with van der Waals surface area (Å²) in [5, 5.41) is 16.1. The highest BCUT2D eigenvalue weighted by atomic mass is 32.2. The number of urea groups is 1. The highest BCUT2D eigenvalue weighted by Crippen LogP contribution is 2.25. The lowest BCUT2D eigenvalue weighted by atomic mass is 9.93. The van der Waals surface area contributed by atoms with E-state index in [1.807, 2.05) is 11.8 Å². The van der Waals surface area contributed by atoms with E-state index in [0.29, 0.717) is 5.25 Å². The molecule has 0 aromatic heterocycles. The minimum Gasteiger partial charge on any atom is -0.391 e. The maximum atomic E-state index is 11.7. The van der Waals surface area contributed by atoms with Gasteiger partial charge >= 0.3 is 6.03 Å². The zero-order chi connectivity index (χ0) is 12.1. The van der Waals surface area contributed by atoms with E-state index in [1.54, 1.807) is 0 Å². The van der Waals surface area contributed by atoms with Crippen molar-refractivity contribution >= 4 is 17.8 Å². The average molecular weight is 258 g/mol. The normalized spacial score (nSPS) is 33.4. The molecule has 5 heteroatoms. The van der Waals surface area contributed by atoms with Gasteiger partial charge in [0.15, 0.2) is 0 Å². The van der Waals surface area contributed by atoms with Crippen LogP contribution < -0.4 is 10.6 Å². The highest BCUT2D eigenvalue weighted by molar-refractivity contribution is 8.00. The van der Waals surface area contributed by atoms with E-state index in [0.717, 1.165) is 32.2 Å². The maximum Gasteiger partial charge on any atom is 0.315 e. The fourth-order valence-electron chi connectivity index (χ4n) is 2.51. The number of amides is 2. The van der Waals surface area contributed by atoms with Crippen molar-refractivity contribution in [2.75, 3.05) is 12.3 Å². The lowest BCUT2D eigenvalue weighted by Gasteiger charge is -2.28. The number of nitrogens with one attached hydrogen (secondary N) is 2. The van der Waals surface area contributed by atoms with Crippen LogP contribution in [0.25, 0.3) is 0 Å². The minimum atomic E-state index is -0.365. The number of aliphatic hydroxyl groups is 1. The van der Waals surface area contributed by atoms with Gasteiger partial charge in [-0.15, -0.1) is 0 Å². The van der Waals surface area contributed by atoms with Gasteiger partial charge in [-0.1, -0.05) is 12.8 Å². The van der Waals surface area contributed by atoms with Crippen LogP contribution in [-0.4, -0.2) is 40.8 Å². The van der Waals surface area contributed by atoms with Crippen molar-refractivity contribution in [1.29, 1.82) is 0 Å². The Morgan fingerprint density at radius 1 is 1.24 bits per heavy atom. The summed E-state index contributed by atoms with van der Waals surface area (Å²) in [6, 6.07) is -0.177. The SMILES string of the molecule is O=C(NCC1CCCS1)NC1CCCCC1O. The van der Waals surface area contributed by atoms with E-state index in [2.05, 4.69) is 10.6 Å². The lowest BCUT2D eigenvalue weighted by Crippen LogP contribution is -2.49. The molecular formula is C12H22N2O2S. The predicted octanol–water partition coefficient (Wildman–Crippen LogP) is 1.48. The van der Waals surface area contributed by atoms with Crippen LogP contribution in [0.5, 0.6) is 0 Å². The quantitative estimate of drug-likeness (QED) is 0.718. The number of rotatable bonds is 3. The Bertz CT molecular complexity index is 257. The molecule has 0 bridgehead atoms. The van der Waals surface area contributed by atoms with Gasteiger partial charge in [-0.3, -0.25) is 0 Å². The van der Waals surface area contributed by atoms with Crippen molar-refractivity contribution < 1.29 is 9.90 Å². The van der Waals surface area contributed by atoms with Crippen molar-refractivity contribution in [2.45, 2.75) is 55.9 Å². The molecule has 2 rings (SSSR count). The summed E-state index contributed by atoms with van der Waals surface area (Å²) in [5.41, 5.74) is 0. The number of hydrogen-bond acceptors (Lipinski definition) is 3. The second-order valence-corrected chi connectivity index (χ2v) is 6.36. The summed E-state index contributed by atoms with van der Waals surface area (Å²) in [5.74, 6) is 1.22. The molecule has 17 heavy (non-hydrogen) atoms. The third kappa shape index (κ3) is 4.07. The molecule has 2 amide bonds. The Labute approximate surface area is 107 Å². The van der Waals surface area contributed by atoms with Gasteiger partial charge in [0.1, 0.15) is 0 Å². The topological polar surface area (TPSA) is 61.4 Å². The molecule has 2 aliphatic rings. The van der Waals surface area contributed by atoms with Gasteiger partial charge in [-0.05, 0) is 31.4 Å². The van der Waals surface area contributed by atoms with Crippen LogP contribution in [0.4, 0.5) is 4.79 Å². The Morgan fingerprint density at radius 3 is 2.76 bits per heavy atom. The number of carbonyl (C=O) groups is 1. The summed E-state index contributed by atoms with van der Waals surface area (Å²) in [4.78, 5) is 11.7. The zero-order valence-electron chi connectivity index (χ0n) is 10.2. The van der Waals surface area contributed by atoms with Gasteiger partial charge in [0.2, 0.25) is 0 Å². The van der Waals surface area contributed by atoms with Crippen molar-refractivity contribution in [3.63, 3.8) is 0 Å². The summed E-state index contributed by atoms with van der Waals surface area (Å²) < 4.78 is 0. The third-order valence-corrected chi connectivity index (χ3v) is 4.96. The van der Waals surface area contributed by atoms with Crippen molar-refractivity contribution in [3.8, 4) is 0 Å². The Hall–Kier alpha value is -0.420. The van der Waals surface area contributed by atoms with Gasteiger partial charge in [-0.25, -0.2) is 4.79 Å². The Balaban J connectivity index is 1.65. The van der Waals surface area contributed by atoms with Crippen LogP contribution in [0, 0.1) is 0 Å². The van der Waals surface area contributed by atoms with Crippen LogP contribution in [0.1, 0.15) is 38.5 Å². The molecule has 3 N–H and O–H groups in total. The van der Waals surface area contributed by atoms with Crippen LogP contribution in [0.3, 0.4) is 0 Å². The van der Waals surface area contributed by atoms with Crippen LogP contribution >= 0.6 is 11.8 Å². The molecule has 3 unspecified atom stereocenters. The molecule has 3 atom stereocenters. The van der Waals surface area contributed by atoms with E-state index in [-0.39, 0.29) is 18.2 Å². The molecule has 1 aliphatic carbocycles. The second kappa shape index (κ2) is 6.50. The third-order valence-electron chi connectivity index (χ3n) is 3.56. The number of aliphatic hydroxyl groups excluding tert-OH is 1. The van der Waals surface area contributed by atoms with Crippen molar-refractivity contribution in [3.05, 3.63) is 0 Å². The highest BCUT2D eigenvalue weighted by Gasteiger charge is 2.24. The number of carbonyl (C=O) groups excluding carboxylic acids is 1. The molecule has 0 spiro atoms. The van der Waals surface area contributed by atoms with Crippen LogP contribution in [0.15, 0.2) is 0 Å². The van der Waals surface area contributed by atoms with E-state index >= 15 is 0 Å². The number of thioether (sulfide) groups is 1. The summed E-state index contributed by atoms with van der Waals surface area (Å²) in [7, 11) is 0. The smallest absolute Gasteiger partial charge is 0.315 e. The molecule has 1 saturated carbocycles. The fraction of sp³-hybridized carbons (Fsp3) is 0.917. The molecule has 98 valence electrons. The molecule has 1 saturated heterocycles. The number of hydrogen-bond donors (Lipinski definition) is 3. The van der Waals surface area contributed by atoms with Gasteiger partial charge in [0.05, 0.1) is 12.1 Å². The summed E-state index contributed by atoms with van der Waals surface area (Å²) >= 11 is 1.94.